The Kier molecular flexibility index (Phi) is 9.90. The monoisotopic (exact) mass is 537 g/mol. The van der Waals surface area contributed by atoms with Crippen LogP contribution < -0.4 is 14.4 Å². The number of nitrogens with zero attached hydrogens (tertiary/aromatic N) is 2. The molecule has 9 heteroatoms. The van der Waals surface area contributed by atoms with Crippen molar-refractivity contribution in [3.05, 3.63) is 90.0 Å². The molecule has 0 bridgehead atoms. The zero-order valence-electron chi connectivity index (χ0n) is 22.3. The summed E-state index contributed by atoms with van der Waals surface area (Å²) in [5.41, 5.74) is 2.01. The predicted octanol–water partition coefficient (Wildman–Crippen LogP) is 4.14. The molecule has 0 fully saturated rings. The molecule has 0 spiro atoms. The number of rotatable bonds is 12. The van der Waals surface area contributed by atoms with E-state index in [4.69, 9.17) is 4.74 Å². The van der Waals surface area contributed by atoms with E-state index in [9.17, 15) is 18.0 Å². The lowest BCUT2D eigenvalue weighted by atomic mass is 10.1. The molecule has 0 unspecified atom stereocenters. The van der Waals surface area contributed by atoms with Crippen LogP contribution in [0.2, 0.25) is 0 Å². The number of sulfonamides is 1. The van der Waals surface area contributed by atoms with Gasteiger partial charge in [0.2, 0.25) is 11.8 Å². The predicted molar refractivity (Wildman–Crippen MR) is 148 cm³/mol. The number of methoxy groups -OCH3 is 1. The van der Waals surface area contributed by atoms with Crippen LogP contribution in [0.3, 0.4) is 0 Å². The van der Waals surface area contributed by atoms with Gasteiger partial charge >= 0.3 is 0 Å². The molecule has 3 aromatic rings. The van der Waals surface area contributed by atoms with E-state index in [2.05, 4.69) is 5.32 Å². The highest BCUT2D eigenvalue weighted by Crippen LogP contribution is 2.27. The van der Waals surface area contributed by atoms with Gasteiger partial charge in [-0.25, -0.2) is 8.42 Å². The maximum Gasteiger partial charge on any atom is 0.264 e. The zero-order chi connectivity index (χ0) is 27.7. The molecule has 0 saturated carbocycles. The Balaban J connectivity index is 2.02. The Morgan fingerprint density at radius 3 is 2.29 bits per heavy atom. The highest BCUT2D eigenvalue weighted by atomic mass is 32.2. The summed E-state index contributed by atoms with van der Waals surface area (Å²) < 4.78 is 34.1. The van der Waals surface area contributed by atoms with Gasteiger partial charge in [0.25, 0.3) is 10.0 Å². The second-order valence-electron chi connectivity index (χ2n) is 9.00. The summed E-state index contributed by atoms with van der Waals surface area (Å²) in [6, 6.07) is 21.5. The summed E-state index contributed by atoms with van der Waals surface area (Å²) in [7, 11) is -2.64. The average molecular weight is 538 g/mol. The molecule has 0 aromatic heterocycles. The van der Waals surface area contributed by atoms with Crippen molar-refractivity contribution in [3.63, 3.8) is 0 Å². The number of carbonyl (C=O) groups excluding carboxylic acids is 2. The van der Waals surface area contributed by atoms with Crippen LogP contribution in [0.15, 0.2) is 83.8 Å². The Hall–Kier alpha value is -3.85. The number of amides is 2. The molecule has 38 heavy (non-hydrogen) atoms. The minimum absolute atomic E-state index is 0.0575. The van der Waals surface area contributed by atoms with Crippen LogP contribution in [0, 0.1) is 6.92 Å². The fourth-order valence-electron chi connectivity index (χ4n) is 3.89. The normalized spacial score (nSPS) is 11.9. The van der Waals surface area contributed by atoms with E-state index in [0.29, 0.717) is 12.3 Å². The Labute approximate surface area is 225 Å². The van der Waals surface area contributed by atoms with Crippen LogP contribution in [-0.2, 0) is 26.2 Å². The maximum absolute atomic E-state index is 13.8. The third-order valence-corrected chi connectivity index (χ3v) is 7.93. The first-order chi connectivity index (χ1) is 18.2. The standard InChI is InChI=1S/C29H35N3O5S/c1-5-18-30-29(34)23(3)31(20-24-10-7-6-8-11-24)28(33)21-32(25-12-9-13-26(19-25)37-4)38(35,36)27-16-14-22(2)15-17-27/h6-17,19,23H,5,18,20-21H2,1-4H3,(H,30,34)/t23-/m1/s1. The summed E-state index contributed by atoms with van der Waals surface area (Å²) in [4.78, 5) is 28.2. The Bertz CT molecular complexity index is 1330. The van der Waals surface area contributed by atoms with Crippen molar-refractivity contribution in [3.8, 4) is 5.75 Å². The minimum atomic E-state index is -4.13. The van der Waals surface area contributed by atoms with Crippen molar-refractivity contribution in [2.75, 3.05) is 24.5 Å². The molecule has 0 aliphatic heterocycles. The van der Waals surface area contributed by atoms with Gasteiger partial charge < -0.3 is 15.0 Å². The first-order valence-electron chi connectivity index (χ1n) is 12.5. The maximum atomic E-state index is 13.8. The van der Waals surface area contributed by atoms with E-state index < -0.39 is 28.5 Å². The van der Waals surface area contributed by atoms with Crippen LogP contribution in [0.25, 0.3) is 0 Å². The molecule has 0 heterocycles. The molecule has 0 aliphatic carbocycles. The minimum Gasteiger partial charge on any atom is -0.497 e. The van der Waals surface area contributed by atoms with E-state index in [1.165, 1.54) is 24.1 Å². The number of aryl methyl sites for hydroxylation is 1. The van der Waals surface area contributed by atoms with Gasteiger partial charge in [0, 0.05) is 19.2 Å². The van der Waals surface area contributed by atoms with Crippen LogP contribution in [0.5, 0.6) is 5.75 Å². The second-order valence-corrected chi connectivity index (χ2v) is 10.9. The molecule has 1 atom stereocenters. The van der Waals surface area contributed by atoms with Crippen molar-refractivity contribution in [1.29, 1.82) is 0 Å². The summed E-state index contributed by atoms with van der Waals surface area (Å²) in [5, 5.41) is 2.83. The third-order valence-electron chi connectivity index (χ3n) is 6.14. The van der Waals surface area contributed by atoms with Crippen molar-refractivity contribution in [1.82, 2.24) is 10.2 Å². The fraction of sp³-hybridized carbons (Fsp3) is 0.310. The van der Waals surface area contributed by atoms with Gasteiger partial charge in [0.1, 0.15) is 18.3 Å². The molecule has 2 amide bonds. The second kappa shape index (κ2) is 13.1. The number of benzene rings is 3. The topological polar surface area (TPSA) is 96.0 Å². The van der Waals surface area contributed by atoms with Gasteiger partial charge in [-0.15, -0.1) is 0 Å². The molecule has 202 valence electrons. The van der Waals surface area contributed by atoms with Crippen LogP contribution in [-0.4, -0.2) is 51.4 Å². The van der Waals surface area contributed by atoms with Gasteiger partial charge in [-0.3, -0.25) is 13.9 Å². The van der Waals surface area contributed by atoms with Crippen molar-refractivity contribution < 1.29 is 22.7 Å². The number of hydrogen-bond donors (Lipinski definition) is 1. The molecule has 0 saturated heterocycles. The summed E-state index contributed by atoms with van der Waals surface area (Å²) in [6.45, 7) is 5.59. The Morgan fingerprint density at radius 2 is 1.66 bits per heavy atom. The number of nitrogens with one attached hydrogen (secondary N) is 1. The molecule has 1 N–H and O–H groups in total. The number of carbonyl (C=O) groups is 2. The lowest BCUT2D eigenvalue weighted by molar-refractivity contribution is -0.139. The quantitative estimate of drug-likeness (QED) is 0.375. The van der Waals surface area contributed by atoms with Crippen LogP contribution in [0.4, 0.5) is 5.69 Å². The van der Waals surface area contributed by atoms with E-state index in [0.717, 1.165) is 21.9 Å². The SMILES string of the molecule is CCCNC(=O)[C@@H](C)N(Cc1ccccc1)C(=O)CN(c1cccc(OC)c1)S(=O)(=O)c1ccc(C)cc1. The van der Waals surface area contributed by atoms with Crippen LogP contribution >= 0.6 is 0 Å². The van der Waals surface area contributed by atoms with Crippen molar-refractivity contribution >= 4 is 27.5 Å². The first kappa shape index (κ1) is 28.7. The number of anilines is 1. The van der Waals surface area contributed by atoms with Crippen molar-refractivity contribution in [2.45, 2.75) is 44.7 Å². The van der Waals surface area contributed by atoms with E-state index >= 15 is 0 Å². The zero-order valence-corrected chi connectivity index (χ0v) is 23.1. The summed E-state index contributed by atoms with van der Waals surface area (Å²) in [6.07, 6.45) is 0.753. The highest BCUT2D eigenvalue weighted by molar-refractivity contribution is 7.92. The number of hydrogen-bond acceptors (Lipinski definition) is 5. The molecule has 3 rings (SSSR count). The molecule has 0 aliphatic rings. The summed E-state index contributed by atoms with van der Waals surface area (Å²) >= 11 is 0. The first-order valence-corrected chi connectivity index (χ1v) is 14.0. The molecule has 3 aromatic carbocycles. The third kappa shape index (κ3) is 7.13. The smallest absolute Gasteiger partial charge is 0.264 e. The van der Waals surface area contributed by atoms with Gasteiger partial charge in [0.05, 0.1) is 17.7 Å². The van der Waals surface area contributed by atoms with Gasteiger partial charge in [-0.2, -0.15) is 0 Å². The largest absolute Gasteiger partial charge is 0.497 e. The molecule has 0 radical (unpaired) electrons. The Morgan fingerprint density at radius 1 is 0.974 bits per heavy atom. The average Bonchev–Trinajstić information content (AvgIpc) is 2.93. The lowest BCUT2D eigenvalue weighted by Crippen LogP contribution is -2.51. The van der Waals surface area contributed by atoms with E-state index in [1.807, 2.05) is 44.2 Å². The molecular weight excluding hydrogens is 502 g/mol. The van der Waals surface area contributed by atoms with E-state index in [-0.39, 0.29) is 23.0 Å². The van der Waals surface area contributed by atoms with Gasteiger partial charge in [-0.05, 0) is 50.1 Å². The highest BCUT2D eigenvalue weighted by Gasteiger charge is 2.32. The molecular formula is C29H35N3O5S. The fourth-order valence-corrected chi connectivity index (χ4v) is 5.30. The van der Waals surface area contributed by atoms with Crippen LogP contribution in [0.1, 0.15) is 31.4 Å². The number of ether oxygens (including phenoxy) is 1. The molecule has 8 nitrogen and oxygen atoms in total. The van der Waals surface area contributed by atoms with Crippen molar-refractivity contribution in [2.24, 2.45) is 0 Å². The van der Waals surface area contributed by atoms with Gasteiger partial charge in [0.15, 0.2) is 0 Å². The van der Waals surface area contributed by atoms with Gasteiger partial charge in [-0.1, -0.05) is 61.0 Å². The lowest BCUT2D eigenvalue weighted by Gasteiger charge is -2.32. The summed E-state index contributed by atoms with van der Waals surface area (Å²) in [5.74, 6) is -0.357. The van der Waals surface area contributed by atoms with E-state index in [1.54, 1.807) is 43.3 Å².